The van der Waals surface area contributed by atoms with E-state index in [1.165, 1.54) is 29.2 Å². The van der Waals surface area contributed by atoms with Crippen molar-refractivity contribution in [3.8, 4) is 11.3 Å². The Hall–Kier alpha value is -2.40. The first-order valence-electron chi connectivity index (χ1n) is 7.71. The number of amides is 1. The van der Waals surface area contributed by atoms with Crippen molar-refractivity contribution in [3.05, 3.63) is 35.2 Å². The second-order valence-electron chi connectivity index (χ2n) is 5.64. The molecule has 11 heteroatoms. The van der Waals surface area contributed by atoms with Crippen molar-refractivity contribution in [1.82, 2.24) is 25.2 Å². The molecule has 0 atom stereocenters. The zero-order valence-electron chi connectivity index (χ0n) is 13.2. The number of rotatable bonds is 6. The molecule has 0 bridgehead atoms. The molecule has 0 unspecified atom stereocenters. The number of carbonyl (C=O) groups is 1. The van der Waals surface area contributed by atoms with Gasteiger partial charge in [-0.1, -0.05) is 11.8 Å². The largest absolute Gasteiger partial charge is 0.301 e. The van der Waals surface area contributed by atoms with E-state index >= 15 is 0 Å². The van der Waals surface area contributed by atoms with Gasteiger partial charge in [-0.25, -0.2) is 18.4 Å². The Morgan fingerprint density at radius 3 is 2.96 bits per heavy atom. The minimum atomic E-state index is -0.939. The van der Waals surface area contributed by atoms with Gasteiger partial charge < -0.3 is 5.32 Å². The van der Waals surface area contributed by atoms with E-state index in [4.69, 9.17) is 0 Å². The number of thiazole rings is 1. The number of thioether (sulfide) groups is 1. The van der Waals surface area contributed by atoms with Gasteiger partial charge in [-0.3, -0.25) is 4.79 Å². The molecule has 4 rings (SSSR count). The van der Waals surface area contributed by atoms with Gasteiger partial charge in [0.1, 0.15) is 0 Å². The monoisotopic (exact) mass is 394 g/mol. The normalized spacial score (nSPS) is 13.8. The summed E-state index contributed by atoms with van der Waals surface area (Å²) in [6.07, 6.45) is 2.10. The van der Waals surface area contributed by atoms with E-state index in [9.17, 15) is 13.6 Å². The molecular formula is C15H12F2N6OS2. The maximum Gasteiger partial charge on any atom is 0.236 e. The topological polar surface area (TPSA) is 85.6 Å². The molecule has 1 fully saturated rings. The molecule has 1 N–H and O–H groups in total. The Morgan fingerprint density at radius 1 is 1.35 bits per heavy atom. The average molecular weight is 394 g/mol. The zero-order valence-corrected chi connectivity index (χ0v) is 14.9. The second kappa shape index (κ2) is 7.08. The number of hydrogen-bond acceptors (Lipinski definition) is 7. The third-order valence-corrected chi connectivity index (χ3v) is 5.34. The number of aromatic nitrogens is 5. The molecule has 1 aliphatic carbocycles. The quantitative estimate of drug-likeness (QED) is 0.647. The van der Waals surface area contributed by atoms with Gasteiger partial charge in [0.2, 0.25) is 11.1 Å². The van der Waals surface area contributed by atoms with Crippen LogP contribution in [-0.2, 0) is 4.79 Å². The number of halogens is 2. The molecule has 0 spiro atoms. The number of carbonyl (C=O) groups excluding carboxylic acids is 1. The molecule has 1 saturated carbocycles. The predicted octanol–water partition coefficient (Wildman–Crippen LogP) is 3.14. The summed E-state index contributed by atoms with van der Waals surface area (Å²) in [6.45, 7) is 0. The van der Waals surface area contributed by atoms with Crippen molar-refractivity contribution in [2.24, 2.45) is 0 Å². The maximum absolute atomic E-state index is 13.3. The second-order valence-corrected chi connectivity index (χ2v) is 7.44. The third kappa shape index (κ3) is 3.73. The lowest BCUT2D eigenvalue weighted by atomic mass is 10.2. The minimum Gasteiger partial charge on any atom is -0.301 e. The van der Waals surface area contributed by atoms with Crippen LogP contribution < -0.4 is 5.32 Å². The Kier molecular flexibility index (Phi) is 4.64. The van der Waals surface area contributed by atoms with Crippen LogP contribution in [0.25, 0.3) is 11.3 Å². The summed E-state index contributed by atoms with van der Waals surface area (Å²) in [5.41, 5.74) is 0.910. The van der Waals surface area contributed by atoms with Crippen LogP contribution in [0.15, 0.2) is 28.7 Å². The van der Waals surface area contributed by atoms with Crippen LogP contribution in [0.5, 0.6) is 0 Å². The summed E-state index contributed by atoms with van der Waals surface area (Å²) in [7, 11) is 0. The smallest absolute Gasteiger partial charge is 0.236 e. The molecule has 1 amide bonds. The first kappa shape index (κ1) is 17.0. The summed E-state index contributed by atoms with van der Waals surface area (Å²) < 4.78 is 28.1. The Labute approximate surface area is 154 Å². The van der Waals surface area contributed by atoms with Gasteiger partial charge in [0.05, 0.1) is 17.5 Å². The first-order valence-corrected chi connectivity index (χ1v) is 9.58. The summed E-state index contributed by atoms with van der Waals surface area (Å²) in [6, 6.07) is 3.90. The van der Waals surface area contributed by atoms with Crippen molar-refractivity contribution in [2.45, 2.75) is 24.0 Å². The fourth-order valence-corrected chi connectivity index (χ4v) is 3.71. The molecule has 7 nitrogen and oxygen atoms in total. The molecule has 1 aromatic carbocycles. The summed E-state index contributed by atoms with van der Waals surface area (Å²) >= 11 is 2.47. The van der Waals surface area contributed by atoms with Crippen molar-refractivity contribution < 1.29 is 13.6 Å². The lowest BCUT2D eigenvalue weighted by Crippen LogP contribution is -2.14. The fraction of sp³-hybridized carbons (Fsp3) is 0.267. The SMILES string of the molecule is O=C(CSc1nnnn1C1CC1)Nc1nc(-c2ccc(F)c(F)c2)cs1. The molecule has 134 valence electrons. The third-order valence-electron chi connectivity index (χ3n) is 3.65. The number of benzene rings is 1. The molecule has 2 aromatic heterocycles. The molecule has 0 aliphatic heterocycles. The number of tetrazole rings is 1. The molecule has 0 radical (unpaired) electrons. The van der Waals surface area contributed by atoms with E-state index in [0.717, 1.165) is 25.0 Å². The summed E-state index contributed by atoms with van der Waals surface area (Å²) in [5.74, 6) is -1.95. The minimum absolute atomic E-state index is 0.146. The van der Waals surface area contributed by atoms with E-state index in [2.05, 4.69) is 25.8 Å². The van der Waals surface area contributed by atoms with Crippen LogP contribution in [0, 0.1) is 11.6 Å². The van der Waals surface area contributed by atoms with E-state index in [1.54, 1.807) is 10.1 Å². The van der Waals surface area contributed by atoms with Gasteiger partial charge in [-0.15, -0.1) is 16.4 Å². The maximum atomic E-state index is 13.3. The highest BCUT2D eigenvalue weighted by Gasteiger charge is 2.28. The van der Waals surface area contributed by atoms with Crippen LogP contribution in [-0.4, -0.2) is 36.9 Å². The number of nitrogens with one attached hydrogen (secondary N) is 1. The zero-order chi connectivity index (χ0) is 18.1. The highest BCUT2D eigenvalue weighted by Crippen LogP contribution is 2.36. The Morgan fingerprint density at radius 2 is 2.19 bits per heavy atom. The van der Waals surface area contributed by atoms with Crippen LogP contribution in [0.1, 0.15) is 18.9 Å². The van der Waals surface area contributed by atoms with E-state index in [-0.39, 0.29) is 11.7 Å². The standard InChI is InChI=1S/C15H12F2N6OS2/c16-10-4-1-8(5-11(10)17)12-6-25-14(18-12)19-13(24)7-26-15-20-21-22-23(15)9-2-3-9/h1,4-6,9H,2-3,7H2,(H,18,19,24). The molecule has 26 heavy (non-hydrogen) atoms. The van der Waals surface area contributed by atoms with E-state index in [0.29, 0.717) is 27.6 Å². The van der Waals surface area contributed by atoms with Crippen LogP contribution in [0.3, 0.4) is 0 Å². The highest BCUT2D eigenvalue weighted by atomic mass is 32.2. The molecule has 2 heterocycles. The fourth-order valence-electron chi connectivity index (χ4n) is 2.23. The molecule has 3 aromatic rings. The number of nitrogens with zero attached hydrogens (tertiary/aromatic N) is 5. The Balaban J connectivity index is 1.36. The number of anilines is 1. The van der Waals surface area contributed by atoms with Crippen LogP contribution >= 0.6 is 23.1 Å². The molecule has 1 aliphatic rings. The van der Waals surface area contributed by atoms with Crippen LogP contribution in [0.4, 0.5) is 13.9 Å². The lowest BCUT2D eigenvalue weighted by molar-refractivity contribution is -0.113. The van der Waals surface area contributed by atoms with Crippen molar-refractivity contribution in [1.29, 1.82) is 0 Å². The first-order chi connectivity index (χ1) is 12.6. The van der Waals surface area contributed by atoms with Gasteiger partial charge in [-0.05, 0) is 41.5 Å². The molecule has 0 saturated heterocycles. The van der Waals surface area contributed by atoms with Gasteiger partial charge in [0.25, 0.3) is 0 Å². The summed E-state index contributed by atoms with van der Waals surface area (Å²) in [4.78, 5) is 16.3. The van der Waals surface area contributed by atoms with E-state index in [1.807, 2.05) is 0 Å². The van der Waals surface area contributed by atoms with Crippen LogP contribution in [0.2, 0.25) is 0 Å². The predicted molar refractivity (Wildman–Crippen MR) is 92.9 cm³/mol. The van der Waals surface area contributed by atoms with Crippen molar-refractivity contribution >= 4 is 34.1 Å². The van der Waals surface area contributed by atoms with E-state index < -0.39 is 11.6 Å². The van der Waals surface area contributed by atoms with Gasteiger partial charge in [0, 0.05) is 10.9 Å². The molecular weight excluding hydrogens is 382 g/mol. The number of hydrogen-bond donors (Lipinski definition) is 1. The lowest BCUT2D eigenvalue weighted by Gasteiger charge is -2.02. The van der Waals surface area contributed by atoms with Gasteiger partial charge in [0.15, 0.2) is 16.8 Å². The highest BCUT2D eigenvalue weighted by molar-refractivity contribution is 7.99. The van der Waals surface area contributed by atoms with Gasteiger partial charge >= 0.3 is 0 Å². The summed E-state index contributed by atoms with van der Waals surface area (Å²) in [5, 5.41) is 16.8. The van der Waals surface area contributed by atoms with Crippen molar-refractivity contribution in [3.63, 3.8) is 0 Å². The Bertz CT molecular complexity index is 955. The van der Waals surface area contributed by atoms with Gasteiger partial charge in [-0.2, -0.15) is 0 Å². The average Bonchev–Trinajstić information content (AvgIpc) is 3.17. The van der Waals surface area contributed by atoms with Crippen molar-refractivity contribution in [2.75, 3.05) is 11.1 Å².